The Labute approximate surface area is 196 Å². The maximum absolute atomic E-state index is 12.4. The van der Waals surface area contributed by atoms with E-state index in [9.17, 15) is 5.11 Å². The lowest BCUT2D eigenvalue weighted by molar-refractivity contribution is -0.127. The van der Waals surface area contributed by atoms with Gasteiger partial charge >= 0.3 is 0 Å². The standard InChI is InChI=1S/C27H35N5O/c1-18(2)19-6-8-21(9-7-19)27(33,25(3)16-32(5)17-25)22-12-20(14-29-15-22)23-13-24(31-30-23)26(28-4)10-11-26/h6-9,12-15,18,28,33H,10-11,16-17H2,1-5H3,(H,30,31)/t27-/m0/s1. The monoisotopic (exact) mass is 445 g/mol. The molecule has 6 nitrogen and oxygen atoms in total. The number of hydrogen-bond donors (Lipinski definition) is 3. The van der Waals surface area contributed by atoms with E-state index in [-0.39, 0.29) is 11.0 Å². The summed E-state index contributed by atoms with van der Waals surface area (Å²) in [5, 5.41) is 23.6. The smallest absolute Gasteiger partial charge is 0.124 e. The molecule has 2 aromatic heterocycles. The van der Waals surface area contributed by atoms with Gasteiger partial charge in [-0.05, 0) is 56.1 Å². The van der Waals surface area contributed by atoms with Gasteiger partial charge in [-0.1, -0.05) is 45.0 Å². The van der Waals surface area contributed by atoms with Crippen LogP contribution in [0.25, 0.3) is 11.3 Å². The molecule has 0 bridgehead atoms. The lowest BCUT2D eigenvalue weighted by atomic mass is 9.62. The fourth-order valence-electron chi connectivity index (χ4n) is 5.62. The summed E-state index contributed by atoms with van der Waals surface area (Å²) in [4.78, 5) is 6.80. The Hall–Kier alpha value is -2.54. The molecule has 3 aromatic rings. The molecular weight excluding hydrogens is 410 g/mol. The molecule has 6 heteroatoms. The highest BCUT2D eigenvalue weighted by molar-refractivity contribution is 5.61. The fraction of sp³-hybridized carbons (Fsp3) is 0.481. The number of nitrogens with one attached hydrogen (secondary N) is 2. The van der Waals surface area contributed by atoms with Crippen molar-refractivity contribution < 1.29 is 5.11 Å². The number of hydrogen-bond acceptors (Lipinski definition) is 5. The second-order valence-electron chi connectivity index (χ2n) is 10.7. The molecule has 2 aliphatic rings. The molecule has 3 heterocycles. The van der Waals surface area contributed by atoms with E-state index in [0.29, 0.717) is 5.92 Å². The minimum atomic E-state index is -1.15. The molecule has 0 amide bonds. The van der Waals surface area contributed by atoms with Crippen LogP contribution in [0, 0.1) is 5.41 Å². The first-order chi connectivity index (χ1) is 15.7. The molecule has 174 valence electrons. The van der Waals surface area contributed by atoms with Gasteiger partial charge in [0.1, 0.15) is 5.60 Å². The zero-order valence-corrected chi connectivity index (χ0v) is 20.3. The summed E-state index contributed by atoms with van der Waals surface area (Å²) in [5.41, 5.74) is 4.43. The number of aliphatic hydroxyl groups is 1. The Morgan fingerprint density at radius 1 is 1.09 bits per heavy atom. The van der Waals surface area contributed by atoms with Crippen molar-refractivity contribution in [2.24, 2.45) is 5.41 Å². The minimum absolute atomic E-state index is 0.0270. The largest absolute Gasteiger partial charge is 0.380 e. The third-order valence-corrected chi connectivity index (χ3v) is 7.88. The van der Waals surface area contributed by atoms with Crippen LogP contribution in [0.5, 0.6) is 0 Å². The molecule has 1 saturated heterocycles. The highest BCUT2D eigenvalue weighted by Gasteiger charge is 2.55. The molecule has 1 aliphatic heterocycles. The van der Waals surface area contributed by atoms with Gasteiger partial charge in [-0.2, -0.15) is 5.10 Å². The van der Waals surface area contributed by atoms with Gasteiger partial charge in [0.15, 0.2) is 0 Å². The molecule has 1 aromatic carbocycles. The number of nitrogens with zero attached hydrogens (tertiary/aromatic N) is 3. The van der Waals surface area contributed by atoms with Gasteiger partial charge in [0.05, 0.1) is 16.9 Å². The summed E-state index contributed by atoms with van der Waals surface area (Å²) >= 11 is 0. The number of pyridine rings is 1. The molecule has 3 N–H and O–H groups in total. The van der Waals surface area contributed by atoms with E-state index >= 15 is 0 Å². The van der Waals surface area contributed by atoms with Gasteiger partial charge < -0.3 is 15.3 Å². The second-order valence-corrected chi connectivity index (χ2v) is 10.7. The Morgan fingerprint density at radius 3 is 2.36 bits per heavy atom. The van der Waals surface area contributed by atoms with E-state index in [2.05, 4.69) is 89.6 Å². The van der Waals surface area contributed by atoms with Crippen LogP contribution in [0.4, 0.5) is 0 Å². The normalized spacial score (nSPS) is 20.9. The van der Waals surface area contributed by atoms with Crippen molar-refractivity contribution in [1.82, 2.24) is 25.4 Å². The van der Waals surface area contributed by atoms with E-state index in [1.807, 2.05) is 19.4 Å². The SMILES string of the molecule is CNC1(c2cc(-c3cncc([C@@](O)(c4ccc(C(C)C)cc4)C4(C)CN(C)C4)c3)n[nH]2)CC1. The van der Waals surface area contributed by atoms with Crippen LogP contribution in [-0.4, -0.2) is 52.4 Å². The van der Waals surface area contributed by atoms with E-state index < -0.39 is 5.60 Å². The van der Waals surface area contributed by atoms with Gasteiger partial charge in [0.2, 0.25) is 0 Å². The lowest BCUT2D eigenvalue weighted by Gasteiger charge is -2.55. The molecule has 0 spiro atoms. The maximum Gasteiger partial charge on any atom is 0.124 e. The van der Waals surface area contributed by atoms with Crippen LogP contribution in [0.15, 0.2) is 48.8 Å². The van der Waals surface area contributed by atoms with Gasteiger partial charge in [-0.3, -0.25) is 10.1 Å². The first-order valence-electron chi connectivity index (χ1n) is 11.9. The topological polar surface area (TPSA) is 77.1 Å². The van der Waals surface area contributed by atoms with E-state index in [1.54, 1.807) is 0 Å². The third-order valence-electron chi connectivity index (χ3n) is 7.88. The number of likely N-dealkylation sites (tertiary alicyclic amines) is 1. The maximum atomic E-state index is 12.4. The summed E-state index contributed by atoms with van der Waals surface area (Å²) in [6.45, 7) is 8.18. The van der Waals surface area contributed by atoms with Gasteiger partial charge in [-0.15, -0.1) is 0 Å². The van der Waals surface area contributed by atoms with Crippen molar-refractivity contribution >= 4 is 0 Å². The summed E-state index contributed by atoms with van der Waals surface area (Å²) in [6, 6.07) is 12.6. The Kier molecular flexibility index (Phi) is 5.23. The number of benzene rings is 1. The van der Waals surface area contributed by atoms with Gasteiger partial charge in [0.25, 0.3) is 0 Å². The van der Waals surface area contributed by atoms with Crippen molar-refractivity contribution in [1.29, 1.82) is 0 Å². The summed E-state index contributed by atoms with van der Waals surface area (Å²) in [7, 11) is 4.09. The van der Waals surface area contributed by atoms with Crippen molar-refractivity contribution in [2.45, 2.75) is 50.7 Å². The molecule has 0 radical (unpaired) electrons. The first-order valence-corrected chi connectivity index (χ1v) is 11.9. The van der Waals surface area contributed by atoms with Crippen LogP contribution in [0.3, 0.4) is 0 Å². The Bertz CT molecular complexity index is 1140. The van der Waals surface area contributed by atoms with E-state index in [1.165, 1.54) is 5.56 Å². The molecular formula is C27H35N5O. The predicted molar refractivity (Wildman–Crippen MR) is 131 cm³/mol. The number of aromatic amines is 1. The predicted octanol–water partition coefficient (Wildman–Crippen LogP) is 3.99. The van der Waals surface area contributed by atoms with Crippen LogP contribution < -0.4 is 5.32 Å². The van der Waals surface area contributed by atoms with E-state index in [0.717, 1.165) is 54.0 Å². The molecule has 33 heavy (non-hydrogen) atoms. The van der Waals surface area contributed by atoms with Crippen LogP contribution in [-0.2, 0) is 11.1 Å². The first kappa shape index (κ1) is 22.3. The molecule has 2 fully saturated rings. The Balaban J connectivity index is 1.56. The van der Waals surface area contributed by atoms with Crippen LogP contribution in [0.1, 0.15) is 61.9 Å². The summed E-state index contributed by atoms with van der Waals surface area (Å²) in [6.07, 6.45) is 5.87. The average Bonchev–Trinajstić information content (AvgIpc) is 3.45. The Morgan fingerprint density at radius 2 is 1.79 bits per heavy atom. The highest BCUT2D eigenvalue weighted by atomic mass is 16.3. The lowest BCUT2D eigenvalue weighted by Crippen LogP contribution is -2.63. The number of rotatable bonds is 7. The number of aromatic nitrogens is 3. The fourth-order valence-corrected chi connectivity index (χ4v) is 5.62. The molecule has 1 saturated carbocycles. The zero-order valence-electron chi connectivity index (χ0n) is 20.3. The molecule has 0 unspecified atom stereocenters. The van der Waals surface area contributed by atoms with Crippen molar-refractivity contribution in [3.05, 3.63) is 71.2 Å². The van der Waals surface area contributed by atoms with Crippen molar-refractivity contribution in [2.75, 3.05) is 27.2 Å². The zero-order chi connectivity index (χ0) is 23.4. The van der Waals surface area contributed by atoms with E-state index in [4.69, 9.17) is 0 Å². The quantitative estimate of drug-likeness (QED) is 0.513. The van der Waals surface area contributed by atoms with Crippen LogP contribution in [0.2, 0.25) is 0 Å². The summed E-state index contributed by atoms with van der Waals surface area (Å²) in [5.74, 6) is 0.448. The second kappa shape index (κ2) is 7.76. The third kappa shape index (κ3) is 3.52. The molecule has 1 aliphatic carbocycles. The summed E-state index contributed by atoms with van der Waals surface area (Å²) < 4.78 is 0. The van der Waals surface area contributed by atoms with Crippen molar-refractivity contribution in [3.63, 3.8) is 0 Å². The van der Waals surface area contributed by atoms with Crippen molar-refractivity contribution in [3.8, 4) is 11.3 Å². The molecule has 1 atom stereocenters. The number of H-pyrrole nitrogens is 1. The highest BCUT2D eigenvalue weighted by Crippen LogP contribution is 2.50. The van der Waals surface area contributed by atoms with Gasteiger partial charge in [-0.25, -0.2) is 0 Å². The molecule has 5 rings (SSSR count). The van der Waals surface area contributed by atoms with Gasteiger partial charge in [0, 0.05) is 42.0 Å². The average molecular weight is 446 g/mol. The minimum Gasteiger partial charge on any atom is -0.380 e. The van der Waals surface area contributed by atoms with Crippen LogP contribution >= 0.6 is 0 Å².